The van der Waals surface area contributed by atoms with Crippen LogP contribution in [0.25, 0.3) is 44.8 Å². The molecule has 0 spiro atoms. The van der Waals surface area contributed by atoms with Crippen molar-refractivity contribution in [3.8, 4) is 22.7 Å². The van der Waals surface area contributed by atoms with Crippen LogP contribution in [0.1, 0.15) is 25.0 Å². The minimum Gasteiger partial charge on any atom is -0.508 e. The second kappa shape index (κ2) is 6.04. The van der Waals surface area contributed by atoms with E-state index in [0.717, 1.165) is 39.1 Å². The maximum absolute atomic E-state index is 10.4. The Morgan fingerprint density at radius 3 is 2.61 bits per heavy atom. The number of hydrogen-bond donors (Lipinski definition) is 1. The Bertz CT molecular complexity index is 1780. The Morgan fingerprint density at radius 2 is 1.73 bits per heavy atom. The van der Waals surface area contributed by atoms with Crippen LogP contribution in [0.2, 0.25) is 0 Å². The third-order valence-corrected chi connectivity index (χ3v) is 7.17. The van der Waals surface area contributed by atoms with Gasteiger partial charge in [0.2, 0.25) is 5.78 Å². The summed E-state index contributed by atoms with van der Waals surface area (Å²) in [6.45, 7) is 4.52. The molecule has 0 bridgehead atoms. The zero-order valence-electron chi connectivity index (χ0n) is 18.7. The minimum absolute atomic E-state index is 0.220. The Labute approximate surface area is 191 Å². The Balaban J connectivity index is 1.68. The monoisotopic (exact) mass is 428 g/mol. The Kier molecular flexibility index (Phi) is 3.39. The van der Waals surface area contributed by atoms with E-state index < -0.39 is 0 Å². The molecule has 6 aromatic rings. The molecule has 3 aromatic carbocycles. The Morgan fingerprint density at radius 1 is 0.879 bits per heavy atom. The van der Waals surface area contributed by atoms with E-state index in [1.807, 2.05) is 18.3 Å². The van der Waals surface area contributed by atoms with E-state index in [0.29, 0.717) is 0 Å². The number of phenolic OH excluding ortho intramolecular Hbond substituents is 1. The molecule has 1 aliphatic carbocycles. The van der Waals surface area contributed by atoms with E-state index in [4.69, 9.17) is 9.97 Å². The normalized spacial score (nSPS) is 14.2. The molecule has 1 N–H and O–H groups in total. The number of rotatable bonds is 1. The number of fused-ring (bicyclic) bond motifs is 8. The lowest BCUT2D eigenvalue weighted by atomic mass is 9.82. The van der Waals surface area contributed by atoms with Crippen LogP contribution in [0.15, 0.2) is 72.9 Å². The largest absolute Gasteiger partial charge is 0.508 e. The summed E-state index contributed by atoms with van der Waals surface area (Å²) < 4.78 is 4.29. The van der Waals surface area contributed by atoms with Gasteiger partial charge in [0.25, 0.3) is 0 Å². The molecule has 7 rings (SSSR count). The molecule has 0 saturated carbocycles. The fourth-order valence-electron chi connectivity index (χ4n) is 5.67. The molecule has 0 amide bonds. The third-order valence-electron chi connectivity index (χ3n) is 7.17. The van der Waals surface area contributed by atoms with Gasteiger partial charge in [0.15, 0.2) is 0 Å². The average Bonchev–Trinajstić information content (AvgIpc) is 3.41. The van der Waals surface area contributed by atoms with Gasteiger partial charge in [-0.1, -0.05) is 55.7 Å². The molecule has 0 aliphatic heterocycles. The predicted octanol–water partition coefficient (Wildman–Crippen LogP) is 4.10. The molecular formula is C27H21BN4O. The van der Waals surface area contributed by atoms with Gasteiger partial charge in [0, 0.05) is 23.2 Å². The number of imidazole rings is 2. The van der Waals surface area contributed by atoms with Crippen LogP contribution in [0.3, 0.4) is 0 Å². The van der Waals surface area contributed by atoms with Gasteiger partial charge in [-0.25, -0.2) is 9.97 Å². The van der Waals surface area contributed by atoms with Crippen LogP contribution >= 0.6 is 0 Å². The number of aromatic hydroxyl groups is 1. The molecule has 3 aromatic heterocycles. The topological polar surface area (TPSA) is 55.3 Å². The zero-order chi connectivity index (χ0) is 22.5. The van der Waals surface area contributed by atoms with Crippen LogP contribution < -0.4 is 5.46 Å². The highest BCUT2D eigenvalue weighted by Crippen LogP contribution is 2.50. The predicted molar refractivity (Wildman–Crippen MR) is 135 cm³/mol. The first-order valence-electron chi connectivity index (χ1n) is 11.2. The second-order valence-electron chi connectivity index (χ2n) is 9.43. The zero-order valence-corrected chi connectivity index (χ0v) is 18.7. The molecule has 0 radical (unpaired) electrons. The second-order valence-corrected chi connectivity index (χ2v) is 9.43. The van der Waals surface area contributed by atoms with E-state index in [2.05, 4.69) is 79.2 Å². The summed E-state index contributed by atoms with van der Waals surface area (Å²) in [6, 6.07) is 22.5. The summed E-state index contributed by atoms with van der Waals surface area (Å²) in [5, 5.41) is 10.4. The lowest BCUT2D eigenvalue weighted by Gasteiger charge is -2.23. The van der Waals surface area contributed by atoms with Crippen LogP contribution in [0.4, 0.5) is 0 Å². The maximum atomic E-state index is 10.4. The number of nitrogens with zero attached hydrogens (tertiary/aromatic N) is 4. The molecule has 0 saturated heterocycles. The fraction of sp³-hybridized carbons (Fsp3) is 0.111. The molecule has 0 fully saturated rings. The highest BCUT2D eigenvalue weighted by atomic mass is 16.3. The molecule has 3 heterocycles. The molecule has 158 valence electrons. The molecule has 0 unspecified atom stereocenters. The molecule has 0 atom stereocenters. The van der Waals surface area contributed by atoms with E-state index in [1.54, 1.807) is 6.07 Å². The number of para-hydroxylation sites is 1. The summed E-state index contributed by atoms with van der Waals surface area (Å²) in [5.74, 6) is 1.87. The van der Waals surface area contributed by atoms with Crippen molar-refractivity contribution in [2.45, 2.75) is 19.3 Å². The maximum Gasteiger partial charge on any atom is 0.221 e. The summed E-state index contributed by atoms with van der Waals surface area (Å²) in [7, 11) is 2.09. The summed E-state index contributed by atoms with van der Waals surface area (Å²) >= 11 is 0. The van der Waals surface area contributed by atoms with Crippen molar-refractivity contribution in [3.63, 3.8) is 0 Å². The highest BCUT2D eigenvalue weighted by Gasteiger charge is 2.39. The smallest absolute Gasteiger partial charge is 0.221 e. The van der Waals surface area contributed by atoms with E-state index in [9.17, 15) is 5.11 Å². The van der Waals surface area contributed by atoms with Gasteiger partial charge in [-0.3, -0.25) is 8.97 Å². The first-order chi connectivity index (χ1) is 16.0. The van der Waals surface area contributed by atoms with Crippen molar-refractivity contribution in [2.24, 2.45) is 0 Å². The summed E-state index contributed by atoms with van der Waals surface area (Å²) in [4.78, 5) is 10.0. The fourth-order valence-corrected chi connectivity index (χ4v) is 5.67. The quantitative estimate of drug-likeness (QED) is 0.402. The van der Waals surface area contributed by atoms with Crippen molar-refractivity contribution < 1.29 is 5.11 Å². The number of benzene rings is 3. The lowest BCUT2D eigenvalue weighted by Crippen LogP contribution is -2.19. The van der Waals surface area contributed by atoms with Crippen molar-refractivity contribution in [1.82, 2.24) is 18.9 Å². The molecular weight excluding hydrogens is 407 g/mol. The molecule has 33 heavy (non-hydrogen) atoms. The van der Waals surface area contributed by atoms with Crippen LogP contribution in [-0.2, 0) is 5.41 Å². The molecule has 6 heteroatoms. The van der Waals surface area contributed by atoms with Crippen LogP contribution in [0.5, 0.6) is 5.75 Å². The van der Waals surface area contributed by atoms with Crippen molar-refractivity contribution in [2.75, 3.05) is 0 Å². The van der Waals surface area contributed by atoms with Crippen LogP contribution in [-0.4, -0.2) is 31.9 Å². The van der Waals surface area contributed by atoms with Gasteiger partial charge < -0.3 is 5.11 Å². The van der Waals surface area contributed by atoms with Crippen molar-refractivity contribution in [3.05, 3.63) is 84.1 Å². The third kappa shape index (κ3) is 2.23. The van der Waals surface area contributed by atoms with E-state index in [-0.39, 0.29) is 11.2 Å². The van der Waals surface area contributed by atoms with Crippen molar-refractivity contribution in [1.29, 1.82) is 0 Å². The number of pyridine rings is 1. The number of hydrogen-bond acceptors (Lipinski definition) is 3. The Hall–Kier alpha value is -4.06. The average molecular weight is 428 g/mol. The van der Waals surface area contributed by atoms with E-state index in [1.165, 1.54) is 22.3 Å². The van der Waals surface area contributed by atoms with Gasteiger partial charge in [-0.15, -0.1) is 0 Å². The van der Waals surface area contributed by atoms with Gasteiger partial charge >= 0.3 is 0 Å². The van der Waals surface area contributed by atoms with Crippen LogP contribution in [0, 0.1) is 0 Å². The molecule has 1 aliphatic rings. The SMILES string of the molecule is Bc1cccc2c1nc1n(-c3nccc4c3C(C)(C)c3ccccc3-4)c3cc(O)ccc3n21. The first kappa shape index (κ1) is 18.5. The van der Waals surface area contributed by atoms with Gasteiger partial charge in [-0.2, -0.15) is 0 Å². The number of aromatic nitrogens is 4. The molecule has 5 nitrogen and oxygen atoms in total. The first-order valence-corrected chi connectivity index (χ1v) is 11.2. The highest BCUT2D eigenvalue weighted by molar-refractivity contribution is 6.38. The summed E-state index contributed by atoms with van der Waals surface area (Å²) in [6.07, 6.45) is 1.88. The van der Waals surface area contributed by atoms with E-state index >= 15 is 0 Å². The summed E-state index contributed by atoms with van der Waals surface area (Å²) in [5.41, 5.74) is 9.74. The minimum atomic E-state index is -0.220. The van der Waals surface area contributed by atoms with Gasteiger partial charge in [-0.05, 0) is 41.0 Å². The number of phenols is 1. The lowest BCUT2D eigenvalue weighted by molar-refractivity contribution is 0.476. The standard InChI is InChI=1S/C27H21BN4O/c1-27(2)18-7-4-3-6-16(18)17-12-13-29-25(23(17)27)32-22-14-15(33)10-11-20(22)31-21-9-5-8-19(28)24(21)30-26(31)32/h3-14,33H,28H2,1-2H3. The van der Waals surface area contributed by atoms with Gasteiger partial charge in [0.1, 0.15) is 19.4 Å². The van der Waals surface area contributed by atoms with Crippen molar-refractivity contribution >= 4 is 41.2 Å². The van der Waals surface area contributed by atoms with Gasteiger partial charge in [0.05, 0.1) is 22.1 Å².